The van der Waals surface area contributed by atoms with E-state index in [0.29, 0.717) is 19.3 Å². The van der Waals surface area contributed by atoms with Crippen molar-refractivity contribution in [2.75, 3.05) is 20.7 Å². The van der Waals surface area contributed by atoms with Crippen molar-refractivity contribution in [3.63, 3.8) is 0 Å². The van der Waals surface area contributed by atoms with Crippen LogP contribution in [0.25, 0.3) is 0 Å². The van der Waals surface area contributed by atoms with Gasteiger partial charge in [-0.05, 0) is 40.2 Å². The minimum absolute atomic E-state index is 0.0438. The number of carbonyl (C=O) groups is 1. The Morgan fingerprint density at radius 2 is 2.10 bits per heavy atom. The molecule has 0 aromatic carbocycles. The molecule has 0 spiro atoms. The predicted octanol–water partition coefficient (Wildman–Crippen LogP) is 2.33. The van der Waals surface area contributed by atoms with Crippen molar-refractivity contribution in [3.05, 3.63) is 0 Å². The summed E-state index contributed by atoms with van der Waals surface area (Å²) >= 11 is 0. The zero-order chi connectivity index (χ0) is 16.3. The number of hydrogen-bond acceptors (Lipinski definition) is 4. The largest absolute Gasteiger partial charge is 0.468 e. The molecule has 0 aromatic rings. The van der Waals surface area contributed by atoms with Crippen LogP contribution < -0.4 is 5.32 Å². The second kappa shape index (κ2) is 6.96. The summed E-state index contributed by atoms with van der Waals surface area (Å²) in [6.45, 7) is 3.82. The molecule has 0 aliphatic heterocycles. The van der Waals surface area contributed by atoms with Crippen molar-refractivity contribution in [3.8, 4) is 0 Å². The van der Waals surface area contributed by atoms with Gasteiger partial charge in [0.1, 0.15) is 5.54 Å². The van der Waals surface area contributed by atoms with E-state index in [4.69, 9.17) is 4.74 Å². The Kier molecular flexibility index (Phi) is 6.04. The van der Waals surface area contributed by atoms with Gasteiger partial charge in [0.2, 0.25) is 0 Å². The zero-order valence-electron chi connectivity index (χ0n) is 13.1. The van der Waals surface area contributed by atoms with Gasteiger partial charge >= 0.3 is 12.1 Å². The number of esters is 1. The second-order valence-electron chi connectivity index (χ2n) is 6.12. The van der Waals surface area contributed by atoms with Crippen molar-refractivity contribution in [1.29, 1.82) is 0 Å². The highest BCUT2D eigenvalue weighted by Gasteiger charge is 2.47. The van der Waals surface area contributed by atoms with Crippen molar-refractivity contribution in [2.24, 2.45) is 0 Å². The van der Waals surface area contributed by atoms with E-state index in [1.54, 1.807) is 11.9 Å². The first kappa shape index (κ1) is 18.2. The van der Waals surface area contributed by atoms with E-state index in [0.717, 1.165) is 0 Å². The summed E-state index contributed by atoms with van der Waals surface area (Å²) in [6, 6.07) is 0.0565. The number of nitrogens with zero attached hydrogens (tertiary/aromatic N) is 1. The predicted molar refractivity (Wildman–Crippen MR) is 74.0 cm³/mol. The molecule has 124 valence electrons. The number of methoxy groups -OCH3 is 1. The topological polar surface area (TPSA) is 41.6 Å². The Hall–Kier alpha value is -0.820. The standard InChI is InChI=1S/C14H25F3N2O2/c1-10(2)18-13(12(20)21-4)6-5-11(9-13)19(3)8-7-14(15,16)17/h10-11,18H,5-9H2,1-4H3. The highest BCUT2D eigenvalue weighted by Crippen LogP contribution is 2.34. The van der Waals surface area contributed by atoms with Crippen LogP contribution in [0.3, 0.4) is 0 Å². The fourth-order valence-electron chi connectivity index (χ4n) is 3.00. The summed E-state index contributed by atoms with van der Waals surface area (Å²) in [5, 5.41) is 3.24. The lowest BCUT2D eigenvalue weighted by Gasteiger charge is -2.31. The first-order valence-corrected chi connectivity index (χ1v) is 7.23. The number of alkyl halides is 3. The van der Waals surface area contributed by atoms with Crippen molar-refractivity contribution >= 4 is 5.97 Å². The number of hydrogen-bond donors (Lipinski definition) is 1. The number of ether oxygens (including phenoxy) is 1. The van der Waals surface area contributed by atoms with Crippen LogP contribution in [-0.2, 0) is 9.53 Å². The van der Waals surface area contributed by atoms with Crippen LogP contribution >= 0.6 is 0 Å². The fourth-order valence-corrected chi connectivity index (χ4v) is 3.00. The molecule has 21 heavy (non-hydrogen) atoms. The summed E-state index contributed by atoms with van der Waals surface area (Å²) < 4.78 is 41.8. The lowest BCUT2D eigenvalue weighted by atomic mass is 9.96. The van der Waals surface area contributed by atoms with E-state index in [-0.39, 0.29) is 24.6 Å². The lowest BCUT2D eigenvalue weighted by Crippen LogP contribution is -2.54. The highest BCUT2D eigenvalue weighted by molar-refractivity contribution is 5.81. The Bertz CT molecular complexity index is 361. The van der Waals surface area contributed by atoms with Crippen LogP contribution in [0.4, 0.5) is 13.2 Å². The third-order valence-electron chi connectivity index (χ3n) is 4.00. The van der Waals surface area contributed by atoms with Crippen LogP contribution in [0.1, 0.15) is 39.5 Å². The maximum atomic E-state index is 12.3. The van der Waals surface area contributed by atoms with Crippen LogP contribution in [0.5, 0.6) is 0 Å². The van der Waals surface area contributed by atoms with Gasteiger partial charge in [-0.15, -0.1) is 0 Å². The summed E-state index contributed by atoms with van der Waals surface area (Å²) in [6.07, 6.45) is -3.24. The number of rotatable bonds is 6. The molecular weight excluding hydrogens is 285 g/mol. The molecule has 1 rings (SSSR count). The molecule has 0 radical (unpaired) electrons. The first-order chi connectivity index (χ1) is 9.59. The van der Waals surface area contributed by atoms with Crippen molar-refractivity contribution < 1.29 is 22.7 Å². The highest BCUT2D eigenvalue weighted by atomic mass is 19.4. The summed E-state index contributed by atoms with van der Waals surface area (Å²) in [4.78, 5) is 13.8. The van der Waals surface area contributed by atoms with Gasteiger partial charge < -0.3 is 9.64 Å². The molecule has 0 bridgehead atoms. The fraction of sp³-hybridized carbons (Fsp3) is 0.929. The van der Waals surface area contributed by atoms with Gasteiger partial charge in [0.05, 0.1) is 13.5 Å². The van der Waals surface area contributed by atoms with Gasteiger partial charge in [0, 0.05) is 18.6 Å². The monoisotopic (exact) mass is 310 g/mol. The normalized spacial score (nSPS) is 26.6. The third kappa shape index (κ3) is 5.14. The second-order valence-corrected chi connectivity index (χ2v) is 6.12. The van der Waals surface area contributed by atoms with Gasteiger partial charge in [0.15, 0.2) is 0 Å². The van der Waals surface area contributed by atoms with Crippen molar-refractivity contribution in [2.45, 2.75) is 63.3 Å². The molecule has 2 unspecified atom stereocenters. The Morgan fingerprint density at radius 3 is 2.57 bits per heavy atom. The quantitative estimate of drug-likeness (QED) is 0.765. The van der Waals surface area contributed by atoms with E-state index in [2.05, 4.69) is 5.32 Å². The molecule has 0 amide bonds. The number of nitrogens with one attached hydrogen (secondary N) is 1. The maximum absolute atomic E-state index is 12.3. The van der Waals surface area contributed by atoms with E-state index in [9.17, 15) is 18.0 Å². The molecule has 7 heteroatoms. The van der Waals surface area contributed by atoms with Gasteiger partial charge in [-0.3, -0.25) is 10.1 Å². The molecule has 1 aliphatic rings. The van der Waals surface area contributed by atoms with Crippen molar-refractivity contribution in [1.82, 2.24) is 10.2 Å². The smallest absolute Gasteiger partial charge is 0.390 e. The van der Waals surface area contributed by atoms with Crippen LogP contribution in [0.2, 0.25) is 0 Å². The van der Waals surface area contributed by atoms with Crippen LogP contribution in [0.15, 0.2) is 0 Å². The van der Waals surface area contributed by atoms with E-state index >= 15 is 0 Å². The Balaban J connectivity index is 2.67. The Morgan fingerprint density at radius 1 is 1.48 bits per heavy atom. The number of carbonyl (C=O) groups excluding carboxylic acids is 1. The average molecular weight is 310 g/mol. The average Bonchev–Trinajstić information content (AvgIpc) is 2.78. The molecule has 0 heterocycles. The summed E-state index contributed by atoms with van der Waals surface area (Å²) in [5.74, 6) is -0.331. The minimum Gasteiger partial charge on any atom is -0.468 e. The summed E-state index contributed by atoms with van der Waals surface area (Å²) in [7, 11) is 3.02. The van der Waals surface area contributed by atoms with Gasteiger partial charge in [-0.2, -0.15) is 13.2 Å². The lowest BCUT2D eigenvalue weighted by molar-refractivity contribution is -0.149. The van der Waals surface area contributed by atoms with E-state index < -0.39 is 18.1 Å². The van der Waals surface area contributed by atoms with Gasteiger partial charge in [0.25, 0.3) is 0 Å². The molecule has 0 saturated heterocycles. The minimum atomic E-state index is -4.15. The van der Waals surface area contributed by atoms with E-state index in [1.807, 2.05) is 13.8 Å². The SMILES string of the molecule is COC(=O)C1(NC(C)C)CCC(N(C)CCC(F)(F)F)C1. The van der Waals surface area contributed by atoms with E-state index in [1.165, 1.54) is 7.11 Å². The molecule has 0 aromatic heterocycles. The van der Waals surface area contributed by atoms with Crippen LogP contribution in [0, 0.1) is 0 Å². The molecule has 4 nitrogen and oxygen atoms in total. The summed E-state index contributed by atoms with van der Waals surface area (Å²) in [5.41, 5.74) is -0.778. The molecular formula is C14H25F3N2O2. The molecule has 1 fully saturated rings. The zero-order valence-corrected chi connectivity index (χ0v) is 13.1. The molecule has 2 atom stereocenters. The maximum Gasteiger partial charge on any atom is 0.390 e. The molecule has 1 saturated carbocycles. The first-order valence-electron chi connectivity index (χ1n) is 7.23. The van der Waals surface area contributed by atoms with Gasteiger partial charge in [-0.1, -0.05) is 0 Å². The molecule has 1 N–H and O–H groups in total. The van der Waals surface area contributed by atoms with Gasteiger partial charge in [-0.25, -0.2) is 0 Å². The Labute approximate surface area is 124 Å². The van der Waals surface area contributed by atoms with Crippen LogP contribution in [-0.4, -0.2) is 55.4 Å². The third-order valence-corrected chi connectivity index (χ3v) is 4.00. The number of halogens is 3. The molecule has 1 aliphatic carbocycles.